The Balaban J connectivity index is 2.24. The minimum absolute atomic E-state index is 0.0813. The number of hydrogen-bond donors (Lipinski definition) is 1. The lowest BCUT2D eigenvalue weighted by molar-refractivity contribution is 0.524. The highest BCUT2D eigenvalue weighted by Gasteiger charge is 2.17. The van der Waals surface area contributed by atoms with Gasteiger partial charge in [0.1, 0.15) is 0 Å². The molecule has 0 spiro atoms. The molecule has 1 aromatic carbocycles. The Kier molecular flexibility index (Phi) is 5.40. The van der Waals surface area contributed by atoms with Gasteiger partial charge >= 0.3 is 0 Å². The molecule has 1 N–H and O–H groups in total. The molecule has 0 fully saturated rings. The maximum atomic E-state index is 6.33. The van der Waals surface area contributed by atoms with Crippen LogP contribution in [0.2, 0.25) is 10.0 Å². The first-order valence-corrected chi connectivity index (χ1v) is 7.40. The van der Waals surface area contributed by atoms with Gasteiger partial charge in [-0.3, -0.25) is 4.68 Å². The Morgan fingerprint density at radius 3 is 2.80 bits per heavy atom. The van der Waals surface area contributed by atoms with Gasteiger partial charge in [0.05, 0.1) is 15.7 Å². The summed E-state index contributed by atoms with van der Waals surface area (Å²) in [5.41, 5.74) is 1.93. The molecule has 0 radical (unpaired) electrons. The summed E-state index contributed by atoms with van der Waals surface area (Å²) < 4.78 is 1.70. The van der Waals surface area contributed by atoms with Crippen molar-refractivity contribution in [2.75, 3.05) is 6.54 Å². The van der Waals surface area contributed by atoms with E-state index in [1.807, 2.05) is 25.4 Å². The van der Waals surface area contributed by atoms with Crippen LogP contribution in [0, 0.1) is 0 Å². The fourth-order valence-electron chi connectivity index (χ4n) is 2.10. The van der Waals surface area contributed by atoms with E-state index in [0.717, 1.165) is 30.6 Å². The van der Waals surface area contributed by atoms with E-state index in [2.05, 4.69) is 22.6 Å². The molecule has 0 saturated heterocycles. The highest BCUT2D eigenvalue weighted by atomic mass is 35.5. The van der Waals surface area contributed by atoms with Crippen LogP contribution in [0.5, 0.6) is 0 Å². The maximum Gasteiger partial charge on any atom is 0.0845 e. The Labute approximate surface area is 129 Å². The van der Waals surface area contributed by atoms with Crippen LogP contribution >= 0.6 is 23.2 Å². The predicted octanol–water partition coefficient (Wildman–Crippen LogP) is 3.41. The number of halogens is 2. The van der Waals surface area contributed by atoms with Crippen molar-refractivity contribution in [3.8, 4) is 0 Å². The van der Waals surface area contributed by atoms with Gasteiger partial charge in [-0.1, -0.05) is 47.5 Å². The molecule has 108 valence electrons. The Hall–Kier alpha value is -1.10. The monoisotopic (exact) mass is 312 g/mol. The van der Waals surface area contributed by atoms with Crippen molar-refractivity contribution in [3.05, 3.63) is 45.7 Å². The molecule has 0 saturated carbocycles. The summed E-state index contributed by atoms with van der Waals surface area (Å²) in [7, 11) is 1.86. The maximum absolute atomic E-state index is 6.33. The minimum atomic E-state index is 0.0813. The van der Waals surface area contributed by atoms with E-state index in [-0.39, 0.29) is 6.04 Å². The van der Waals surface area contributed by atoms with Crippen molar-refractivity contribution >= 4 is 23.2 Å². The number of rotatable bonds is 6. The number of benzene rings is 1. The SMILES string of the molecule is CCCNC(Cc1cn(C)nn1)c1cccc(Cl)c1Cl. The van der Waals surface area contributed by atoms with Crippen molar-refractivity contribution < 1.29 is 0 Å². The van der Waals surface area contributed by atoms with Gasteiger partial charge in [-0.15, -0.1) is 5.10 Å². The molecule has 1 unspecified atom stereocenters. The van der Waals surface area contributed by atoms with Gasteiger partial charge in [0.25, 0.3) is 0 Å². The van der Waals surface area contributed by atoms with Gasteiger partial charge in [-0.05, 0) is 24.6 Å². The third-order valence-electron chi connectivity index (χ3n) is 3.06. The molecule has 1 aromatic heterocycles. The van der Waals surface area contributed by atoms with Crippen LogP contribution < -0.4 is 5.32 Å². The van der Waals surface area contributed by atoms with Crippen molar-refractivity contribution in [2.24, 2.45) is 7.05 Å². The van der Waals surface area contributed by atoms with Crippen molar-refractivity contribution in [1.82, 2.24) is 20.3 Å². The van der Waals surface area contributed by atoms with Crippen LogP contribution in [0.15, 0.2) is 24.4 Å². The third-order valence-corrected chi connectivity index (χ3v) is 3.89. The quantitative estimate of drug-likeness (QED) is 0.889. The van der Waals surface area contributed by atoms with Crippen LogP contribution in [0.25, 0.3) is 0 Å². The van der Waals surface area contributed by atoms with Gasteiger partial charge in [-0.2, -0.15) is 0 Å². The molecular formula is C14H18Cl2N4. The number of nitrogens with zero attached hydrogens (tertiary/aromatic N) is 3. The zero-order valence-electron chi connectivity index (χ0n) is 11.6. The van der Waals surface area contributed by atoms with Gasteiger partial charge in [-0.25, -0.2) is 0 Å². The van der Waals surface area contributed by atoms with Gasteiger partial charge < -0.3 is 5.32 Å². The Morgan fingerprint density at radius 1 is 1.35 bits per heavy atom. The van der Waals surface area contributed by atoms with Crippen molar-refractivity contribution in [3.63, 3.8) is 0 Å². The van der Waals surface area contributed by atoms with Gasteiger partial charge in [0.2, 0.25) is 0 Å². The van der Waals surface area contributed by atoms with E-state index >= 15 is 0 Å². The second-order valence-corrected chi connectivity index (χ2v) is 5.52. The highest BCUT2D eigenvalue weighted by Crippen LogP contribution is 2.31. The summed E-state index contributed by atoms with van der Waals surface area (Å²) >= 11 is 12.4. The summed E-state index contributed by atoms with van der Waals surface area (Å²) in [6, 6.07) is 5.79. The van der Waals surface area contributed by atoms with Crippen molar-refractivity contribution in [1.29, 1.82) is 0 Å². The molecular weight excluding hydrogens is 295 g/mol. The molecule has 0 aliphatic rings. The van der Waals surface area contributed by atoms with E-state index in [0.29, 0.717) is 10.0 Å². The average molecular weight is 313 g/mol. The zero-order valence-corrected chi connectivity index (χ0v) is 13.1. The number of nitrogens with one attached hydrogen (secondary N) is 1. The van der Waals surface area contributed by atoms with Crippen LogP contribution in [0.4, 0.5) is 0 Å². The van der Waals surface area contributed by atoms with E-state index < -0.39 is 0 Å². The van der Waals surface area contributed by atoms with Crippen LogP contribution in [-0.4, -0.2) is 21.5 Å². The Bertz CT molecular complexity index is 568. The summed E-state index contributed by atoms with van der Waals surface area (Å²) in [5, 5.41) is 12.8. The van der Waals surface area contributed by atoms with E-state index in [1.165, 1.54) is 0 Å². The zero-order chi connectivity index (χ0) is 14.5. The first-order valence-electron chi connectivity index (χ1n) is 6.64. The lowest BCUT2D eigenvalue weighted by Crippen LogP contribution is -2.24. The summed E-state index contributed by atoms with van der Waals surface area (Å²) in [4.78, 5) is 0. The molecule has 6 heteroatoms. The molecule has 0 amide bonds. The standard InChI is InChI=1S/C14H18Cl2N4/c1-3-7-17-13(8-10-9-20(2)19-18-10)11-5-4-6-12(15)14(11)16/h4-6,9,13,17H,3,7-8H2,1-2H3. The highest BCUT2D eigenvalue weighted by molar-refractivity contribution is 6.42. The van der Waals surface area contributed by atoms with Crippen molar-refractivity contribution in [2.45, 2.75) is 25.8 Å². The summed E-state index contributed by atoms with van der Waals surface area (Å²) in [6.45, 7) is 3.04. The van der Waals surface area contributed by atoms with E-state index in [4.69, 9.17) is 23.2 Å². The molecule has 2 rings (SSSR count). The van der Waals surface area contributed by atoms with E-state index in [9.17, 15) is 0 Å². The molecule has 4 nitrogen and oxygen atoms in total. The number of aromatic nitrogens is 3. The molecule has 0 aliphatic heterocycles. The normalized spacial score (nSPS) is 12.6. The lowest BCUT2D eigenvalue weighted by Gasteiger charge is -2.19. The second-order valence-electron chi connectivity index (χ2n) is 4.74. The third kappa shape index (κ3) is 3.72. The molecule has 20 heavy (non-hydrogen) atoms. The fourth-order valence-corrected chi connectivity index (χ4v) is 2.54. The minimum Gasteiger partial charge on any atom is -0.310 e. The summed E-state index contributed by atoms with van der Waals surface area (Å²) in [6.07, 6.45) is 3.70. The predicted molar refractivity (Wildman–Crippen MR) is 82.2 cm³/mol. The average Bonchev–Trinajstić information content (AvgIpc) is 2.83. The Morgan fingerprint density at radius 2 is 2.15 bits per heavy atom. The number of aryl methyl sites for hydroxylation is 1. The largest absolute Gasteiger partial charge is 0.310 e. The van der Waals surface area contributed by atoms with Crippen LogP contribution in [0.3, 0.4) is 0 Å². The summed E-state index contributed by atoms with van der Waals surface area (Å²) in [5.74, 6) is 0. The second kappa shape index (κ2) is 7.07. The fraction of sp³-hybridized carbons (Fsp3) is 0.429. The van der Waals surface area contributed by atoms with E-state index in [1.54, 1.807) is 10.7 Å². The smallest absolute Gasteiger partial charge is 0.0845 e. The van der Waals surface area contributed by atoms with Crippen LogP contribution in [0.1, 0.15) is 30.6 Å². The van der Waals surface area contributed by atoms with Crippen LogP contribution in [-0.2, 0) is 13.5 Å². The molecule has 1 heterocycles. The first-order chi connectivity index (χ1) is 9.61. The topological polar surface area (TPSA) is 42.7 Å². The molecule has 0 aliphatic carbocycles. The lowest BCUT2D eigenvalue weighted by atomic mass is 10.0. The molecule has 1 atom stereocenters. The molecule has 2 aromatic rings. The van der Waals surface area contributed by atoms with Gasteiger partial charge in [0, 0.05) is 25.7 Å². The molecule has 0 bridgehead atoms. The number of hydrogen-bond acceptors (Lipinski definition) is 3. The first kappa shape index (κ1) is 15.3. The van der Waals surface area contributed by atoms with Gasteiger partial charge in [0.15, 0.2) is 0 Å².